The Labute approximate surface area is 170 Å². The number of benzene rings is 2. The maximum atomic E-state index is 12.6. The Kier molecular flexibility index (Phi) is 5.46. The van der Waals surface area contributed by atoms with Crippen molar-refractivity contribution in [2.24, 2.45) is 0 Å². The third kappa shape index (κ3) is 4.39. The standard InChI is InChI=1S/C22H25N5O2/c1-26(2)20-10-11-21(25-24-20)29-18-12-13-27(15-18)22(28)23-14-17-8-5-7-16-6-3-4-9-19(16)17/h3-11,18H,12-15H2,1-2H3,(H,23,28). The summed E-state index contributed by atoms with van der Waals surface area (Å²) in [6, 6.07) is 18.0. The van der Waals surface area contributed by atoms with Crippen LogP contribution in [-0.4, -0.2) is 54.4 Å². The van der Waals surface area contributed by atoms with Gasteiger partial charge in [-0.15, -0.1) is 10.2 Å². The van der Waals surface area contributed by atoms with Crippen molar-refractivity contribution in [2.45, 2.75) is 19.1 Å². The van der Waals surface area contributed by atoms with Gasteiger partial charge < -0.3 is 19.9 Å². The second kappa shape index (κ2) is 8.34. The molecule has 0 bridgehead atoms. The van der Waals surface area contributed by atoms with Crippen molar-refractivity contribution in [1.29, 1.82) is 0 Å². The van der Waals surface area contributed by atoms with Crippen molar-refractivity contribution in [2.75, 3.05) is 32.1 Å². The number of anilines is 1. The molecule has 0 spiro atoms. The van der Waals surface area contributed by atoms with Gasteiger partial charge in [0.05, 0.1) is 6.54 Å². The predicted molar refractivity (Wildman–Crippen MR) is 113 cm³/mol. The fourth-order valence-corrected chi connectivity index (χ4v) is 3.52. The van der Waals surface area contributed by atoms with Crippen LogP contribution in [0.15, 0.2) is 54.6 Å². The summed E-state index contributed by atoms with van der Waals surface area (Å²) in [5.74, 6) is 1.26. The molecule has 2 heterocycles. The monoisotopic (exact) mass is 391 g/mol. The molecule has 1 aromatic heterocycles. The van der Waals surface area contributed by atoms with Gasteiger partial charge in [0.25, 0.3) is 0 Å². The van der Waals surface area contributed by atoms with Crippen LogP contribution in [0.3, 0.4) is 0 Å². The lowest BCUT2D eigenvalue weighted by Gasteiger charge is -2.18. The van der Waals surface area contributed by atoms with Crippen LogP contribution in [0.25, 0.3) is 10.8 Å². The van der Waals surface area contributed by atoms with Crippen molar-refractivity contribution < 1.29 is 9.53 Å². The molecule has 0 aliphatic carbocycles. The minimum absolute atomic E-state index is 0.0712. The molecule has 2 amide bonds. The zero-order chi connectivity index (χ0) is 20.2. The molecular weight excluding hydrogens is 366 g/mol. The van der Waals surface area contributed by atoms with Crippen LogP contribution in [0.1, 0.15) is 12.0 Å². The summed E-state index contributed by atoms with van der Waals surface area (Å²) >= 11 is 0. The SMILES string of the molecule is CN(C)c1ccc(OC2CCN(C(=O)NCc3cccc4ccccc34)C2)nn1. The van der Waals surface area contributed by atoms with E-state index in [0.29, 0.717) is 25.5 Å². The minimum atomic E-state index is -0.0715. The van der Waals surface area contributed by atoms with Gasteiger partial charge in [-0.05, 0) is 22.4 Å². The Morgan fingerprint density at radius 2 is 1.97 bits per heavy atom. The number of nitrogens with zero attached hydrogens (tertiary/aromatic N) is 4. The summed E-state index contributed by atoms with van der Waals surface area (Å²) in [6.45, 7) is 1.70. The number of carbonyl (C=O) groups excluding carboxylic acids is 1. The lowest BCUT2D eigenvalue weighted by atomic mass is 10.0. The highest BCUT2D eigenvalue weighted by atomic mass is 16.5. The average Bonchev–Trinajstić information content (AvgIpc) is 3.21. The molecule has 2 aromatic carbocycles. The van der Waals surface area contributed by atoms with E-state index >= 15 is 0 Å². The Morgan fingerprint density at radius 1 is 1.14 bits per heavy atom. The number of nitrogens with one attached hydrogen (secondary N) is 1. The lowest BCUT2D eigenvalue weighted by Crippen LogP contribution is -2.39. The molecule has 150 valence electrons. The van der Waals surface area contributed by atoms with Crippen molar-refractivity contribution in [3.63, 3.8) is 0 Å². The number of hydrogen-bond acceptors (Lipinski definition) is 5. The molecule has 29 heavy (non-hydrogen) atoms. The largest absolute Gasteiger partial charge is 0.471 e. The molecule has 1 aliphatic heterocycles. The number of hydrogen-bond donors (Lipinski definition) is 1. The summed E-state index contributed by atoms with van der Waals surface area (Å²) < 4.78 is 5.90. The number of amides is 2. The quantitative estimate of drug-likeness (QED) is 0.724. The zero-order valence-electron chi connectivity index (χ0n) is 16.7. The van der Waals surface area contributed by atoms with Crippen molar-refractivity contribution in [1.82, 2.24) is 20.4 Å². The summed E-state index contributed by atoms with van der Waals surface area (Å²) in [5.41, 5.74) is 1.11. The van der Waals surface area contributed by atoms with E-state index in [9.17, 15) is 4.79 Å². The van der Waals surface area contributed by atoms with Gasteiger partial charge in [0, 0.05) is 39.7 Å². The van der Waals surface area contributed by atoms with Crippen molar-refractivity contribution in [3.8, 4) is 5.88 Å². The first-order valence-electron chi connectivity index (χ1n) is 9.77. The van der Waals surface area contributed by atoms with Crippen LogP contribution in [0.2, 0.25) is 0 Å². The molecule has 0 saturated carbocycles. The van der Waals surface area contributed by atoms with Gasteiger partial charge in [-0.3, -0.25) is 0 Å². The molecule has 7 nitrogen and oxygen atoms in total. The average molecular weight is 391 g/mol. The van der Waals surface area contributed by atoms with E-state index in [1.165, 1.54) is 5.39 Å². The van der Waals surface area contributed by atoms with Crippen LogP contribution in [0.4, 0.5) is 10.6 Å². The first kappa shape index (κ1) is 19.0. The molecule has 1 atom stereocenters. The Bertz CT molecular complexity index is 985. The predicted octanol–water partition coefficient (Wildman–Crippen LogP) is 3.06. The topological polar surface area (TPSA) is 70.6 Å². The summed E-state index contributed by atoms with van der Waals surface area (Å²) in [7, 11) is 3.83. The van der Waals surface area contributed by atoms with Crippen LogP contribution < -0.4 is 15.0 Å². The fourth-order valence-electron chi connectivity index (χ4n) is 3.52. The highest BCUT2D eigenvalue weighted by molar-refractivity contribution is 5.86. The number of ether oxygens (including phenoxy) is 1. The van der Waals surface area contributed by atoms with Gasteiger partial charge in [0.1, 0.15) is 6.10 Å². The number of aromatic nitrogens is 2. The number of rotatable bonds is 5. The van der Waals surface area contributed by atoms with Crippen LogP contribution in [-0.2, 0) is 6.54 Å². The third-order valence-electron chi connectivity index (χ3n) is 5.11. The molecule has 4 rings (SSSR count). The fraction of sp³-hybridized carbons (Fsp3) is 0.318. The Morgan fingerprint density at radius 3 is 2.76 bits per heavy atom. The van der Waals surface area contributed by atoms with Gasteiger partial charge in [-0.1, -0.05) is 42.5 Å². The molecule has 1 N–H and O–H groups in total. The molecule has 1 saturated heterocycles. The molecule has 1 aliphatic rings. The third-order valence-corrected chi connectivity index (χ3v) is 5.11. The number of carbonyl (C=O) groups is 1. The molecular formula is C22H25N5O2. The Hall–Kier alpha value is -3.35. The smallest absolute Gasteiger partial charge is 0.317 e. The van der Waals surface area contributed by atoms with Gasteiger partial charge >= 0.3 is 6.03 Å². The lowest BCUT2D eigenvalue weighted by molar-refractivity contribution is 0.182. The van der Waals surface area contributed by atoms with E-state index in [-0.39, 0.29) is 12.1 Å². The molecule has 1 fully saturated rings. The summed E-state index contributed by atoms with van der Waals surface area (Å²) in [4.78, 5) is 16.3. The first-order valence-corrected chi connectivity index (χ1v) is 9.77. The summed E-state index contributed by atoms with van der Waals surface area (Å²) in [6.07, 6.45) is 0.705. The summed E-state index contributed by atoms with van der Waals surface area (Å²) in [5, 5.41) is 13.6. The normalized spacial score (nSPS) is 16.1. The van der Waals surface area contributed by atoms with Gasteiger partial charge in [0.2, 0.25) is 5.88 Å². The Balaban J connectivity index is 1.31. The van der Waals surface area contributed by atoms with Crippen LogP contribution in [0.5, 0.6) is 5.88 Å². The van der Waals surface area contributed by atoms with E-state index in [1.807, 2.05) is 49.3 Å². The van der Waals surface area contributed by atoms with E-state index < -0.39 is 0 Å². The molecule has 0 radical (unpaired) electrons. The number of fused-ring (bicyclic) bond motifs is 1. The van der Waals surface area contributed by atoms with Gasteiger partial charge in [-0.25, -0.2) is 4.79 Å². The maximum absolute atomic E-state index is 12.6. The maximum Gasteiger partial charge on any atom is 0.317 e. The van der Waals surface area contributed by atoms with Crippen molar-refractivity contribution >= 4 is 22.6 Å². The molecule has 3 aromatic rings. The van der Waals surface area contributed by atoms with Crippen LogP contribution >= 0.6 is 0 Å². The number of likely N-dealkylation sites (tertiary alicyclic amines) is 1. The molecule has 7 heteroatoms. The second-order valence-electron chi connectivity index (χ2n) is 7.40. The van der Waals surface area contributed by atoms with E-state index in [0.717, 1.165) is 23.2 Å². The van der Waals surface area contributed by atoms with E-state index in [2.05, 4.69) is 39.8 Å². The molecule has 1 unspecified atom stereocenters. The van der Waals surface area contributed by atoms with Crippen LogP contribution in [0, 0.1) is 0 Å². The highest BCUT2D eigenvalue weighted by Crippen LogP contribution is 2.20. The van der Waals surface area contributed by atoms with E-state index in [1.54, 1.807) is 4.90 Å². The number of urea groups is 1. The van der Waals surface area contributed by atoms with Crippen molar-refractivity contribution in [3.05, 3.63) is 60.2 Å². The zero-order valence-corrected chi connectivity index (χ0v) is 16.7. The van der Waals surface area contributed by atoms with Gasteiger partial charge in [-0.2, -0.15) is 0 Å². The minimum Gasteiger partial charge on any atom is -0.471 e. The highest BCUT2D eigenvalue weighted by Gasteiger charge is 2.28. The van der Waals surface area contributed by atoms with Gasteiger partial charge in [0.15, 0.2) is 5.82 Å². The second-order valence-corrected chi connectivity index (χ2v) is 7.40. The van der Waals surface area contributed by atoms with E-state index in [4.69, 9.17) is 4.74 Å². The first-order chi connectivity index (χ1) is 14.1.